The van der Waals surface area contributed by atoms with Gasteiger partial charge in [0, 0.05) is 19.1 Å². The van der Waals surface area contributed by atoms with Crippen LogP contribution >= 0.6 is 0 Å². The van der Waals surface area contributed by atoms with Crippen molar-refractivity contribution in [3.63, 3.8) is 0 Å². The molecule has 2 rings (SSSR count). The zero-order valence-corrected chi connectivity index (χ0v) is 11.6. The summed E-state index contributed by atoms with van der Waals surface area (Å²) in [6.45, 7) is 3.85. The van der Waals surface area contributed by atoms with Crippen LogP contribution in [0.5, 0.6) is 0 Å². The Balaban J connectivity index is 2.06. The SMILES string of the molecule is CC1CC(C#N)(C(=O)N2CCCC2CN(C)C)C1. The summed E-state index contributed by atoms with van der Waals surface area (Å²) in [6, 6.07) is 2.59. The van der Waals surface area contributed by atoms with Gasteiger partial charge in [0.1, 0.15) is 5.41 Å². The van der Waals surface area contributed by atoms with E-state index in [-0.39, 0.29) is 5.91 Å². The molecule has 1 aliphatic heterocycles. The number of nitrogens with zero attached hydrogens (tertiary/aromatic N) is 3. The molecule has 0 radical (unpaired) electrons. The quantitative estimate of drug-likeness (QED) is 0.761. The lowest BCUT2D eigenvalue weighted by Gasteiger charge is -2.43. The number of likely N-dealkylation sites (N-methyl/N-ethyl adjacent to an activating group) is 1. The maximum atomic E-state index is 12.6. The molecule has 1 heterocycles. The van der Waals surface area contributed by atoms with Crippen molar-refractivity contribution in [2.75, 3.05) is 27.2 Å². The minimum absolute atomic E-state index is 0.0902. The highest BCUT2D eigenvalue weighted by Gasteiger charge is 2.52. The number of hydrogen-bond acceptors (Lipinski definition) is 3. The van der Waals surface area contributed by atoms with Gasteiger partial charge in [-0.25, -0.2) is 0 Å². The van der Waals surface area contributed by atoms with Gasteiger partial charge < -0.3 is 9.80 Å². The van der Waals surface area contributed by atoms with Gasteiger partial charge in [-0.05, 0) is 45.7 Å². The molecule has 2 fully saturated rings. The van der Waals surface area contributed by atoms with Crippen LogP contribution in [0.25, 0.3) is 0 Å². The van der Waals surface area contributed by atoms with Crippen molar-refractivity contribution in [2.45, 2.75) is 38.6 Å². The molecule has 0 spiro atoms. The molecule has 0 bridgehead atoms. The van der Waals surface area contributed by atoms with E-state index in [0.717, 1.165) is 38.8 Å². The molecule has 1 saturated heterocycles. The zero-order chi connectivity index (χ0) is 13.3. The van der Waals surface area contributed by atoms with Crippen molar-refractivity contribution in [3.8, 4) is 6.07 Å². The van der Waals surface area contributed by atoms with E-state index in [1.807, 2.05) is 19.0 Å². The average Bonchev–Trinajstić information content (AvgIpc) is 2.70. The first-order valence-corrected chi connectivity index (χ1v) is 6.85. The van der Waals surface area contributed by atoms with Crippen molar-refractivity contribution in [2.24, 2.45) is 11.3 Å². The maximum absolute atomic E-state index is 12.6. The highest BCUT2D eigenvalue weighted by Crippen LogP contribution is 2.47. The smallest absolute Gasteiger partial charge is 0.243 e. The molecule has 0 aromatic heterocycles. The van der Waals surface area contributed by atoms with Crippen molar-refractivity contribution in [1.82, 2.24) is 9.80 Å². The van der Waals surface area contributed by atoms with Crippen LogP contribution in [0, 0.1) is 22.7 Å². The number of hydrogen-bond donors (Lipinski definition) is 0. The van der Waals surface area contributed by atoms with Gasteiger partial charge in [-0.1, -0.05) is 6.92 Å². The number of likely N-dealkylation sites (tertiary alicyclic amines) is 1. The lowest BCUT2D eigenvalue weighted by Crippen LogP contribution is -2.52. The Labute approximate surface area is 110 Å². The Bertz CT molecular complexity index is 366. The molecule has 4 nitrogen and oxygen atoms in total. The van der Waals surface area contributed by atoms with E-state index in [1.165, 1.54) is 0 Å². The van der Waals surface area contributed by atoms with Crippen LogP contribution in [0.4, 0.5) is 0 Å². The first-order chi connectivity index (χ1) is 8.48. The molecule has 18 heavy (non-hydrogen) atoms. The highest BCUT2D eigenvalue weighted by molar-refractivity contribution is 5.87. The molecule has 1 atom stereocenters. The summed E-state index contributed by atoms with van der Waals surface area (Å²) in [6.07, 6.45) is 3.63. The zero-order valence-electron chi connectivity index (χ0n) is 11.6. The Morgan fingerprint density at radius 1 is 1.50 bits per heavy atom. The van der Waals surface area contributed by atoms with Crippen molar-refractivity contribution < 1.29 is 4.79 Å². The molecule has 1 saturated carbocycles. The molecule has 2 aliphatic rings. The van der Waals surface area contributed by atoms with Gasteiger partial charge in [-0.15, -0.1) is 0 Å². The van der Waals surface area contributed by atoms with Crippen molar-refractivity contribution in [1.29, 1.82) is 5.26 Å². The average molecular weight is 249 g/mol. The number of amides is 1. The lowest BCUT2D eigenvalue weighted by atomic mass is 9.62. The molecular formula is C14H23N3O. The van der Waals surface area contributed by atoms with E-state index in [0.29, 0.717) is 12.0 Å². The third kappa shape index (κ3) is 2.24. The van der Waals surface area contributed by atoms with Crippen LogP contribution in [-0.4, -0.2) is 48.9 Å². The molecule has 0 aromatic carbocycles. The lowest BCUT2D eigenvalue weighted by molar-refractivity contribution is -0.146. The number of carbonyl (C=O) groups excluding carboxylic acids is 1. The second kappa shape index (κ2) is 4.89. The predicted molar refractivity (Wildman–Crippen MR) is 69.7 cm³/mol. The van der Waals surface area contributed by atoms with Crippen LogP contribution in [0.2, 0.25) is 0 Å². The fourth-order valence-electron chi connectivity index (χ4n) is 3.43. The summed E-state index contributed by atoms with van der Waals surface area (Å²) in [5.74, 6) is 0.607. The summed E-state index contributed by atoms with van der Waals surface area (Å²) in [5, 5.41) is 9.35. The summed E-state index contributed by atoms with van der Waals surface area (Å²) in [4.78, 5) is 16.7. The highest BCUT2D eigenvalue weighted by atomic mass is 16.2. The third-order valence-electron chi connectivity index (χ3n) is 4.23. The standard InChI is InChI=1S/C14H23N3O/c1-11-7-14(8-11,10-15)13(18)17-6-4-5-12(17)9-16(2)3/h11-12H,4-9H2,1-3H3. The van der Waals surface area contributed by atoms with Gasteiger partial charge in [-0.3, -0.25) is 4.79 Å². The van der Waals surface area contributed by atoms with Gasteiger partial charge in [0.05, 0.1) is 6.07 Å². The Morgan fingerprint density at radius 2 is 2.17 bits per heavy atom. The van der Waals surface area contributed by atoms with E-state index in [4.69, 9.17) is 0 Å². The molecule has 4 heteroatoms. The molecule has 1 aliphatic carbocycles. The fourth-order valence-corrected chi connectivity index (χ4v) is 3.43. The van der Waals surface area contributed by atoms with Crippen LogP contribution in [0.15, 0.2) is 0 Å². The fraction of sp³-hybridized carbons (Fsp3) is 0.857. The molecule has 100 valence electrons. The van der Waals surface area contributed by atoms with Crippen molar-refractivity contribution >= 4 is 5.91 Å². The molecule has 1 unspecified atom stereocenters. The molecule has 0 N–H and O–H groups in total. The molecular weight excluding hydrogens is 226 g/mol. The van der Waals surface area contributed by atoms with E-state index in [1.54, 1.807) is 0 Å². The van der Waals surface area contributed by atoms with Crippen LogP contribution < -0.4 is 0 Å². The van der Waals surface area contributed by atoms with Gasteiger partial charge in [-0.2, -0.15) is 5.26 Å². The van der Waals surface area contributed by atoms with E-state index in [2.05, 4.69) is 17.9 Å². The topological polar surface area (TPSA) is 47.3 Å². The second-order valence-electron chi connectivity index (χ2n) is 6.26. The van der Waals surface area contributed by atoms with E-state index in [9.17, 15) is 10.1 Å². The maximum Gasteiger partial charge on any atom is 0.243 e. The first kappa shape index (κ1) is 13.4. The van der Waals surface area contributed by atoms with Gasteiger partial charge in [0.2, 0.25) is 5.91 Å². The Morgan fingerprint density at radius 3 is 2.67 bits per heavy atom. The van der Waals surface area contributed by atoms with Crippen LogP contribution in [0.3, 0.4) is 0 Å². The van der Waals surface area contributed by atoms with Gasteiger partial charge in [0.15, 0.2) is 0 Å². The largest absolute Gasteiger partial charge is 0.337 e. The Kier molecular flexibility index (Phi) is 3.63. The van der Waals surface area contributed by atoms with E-state index >= 15 is 0 Å². The minimum Gasteiger partial charge on any atom is -0.337 e. The summed E-state index contributed by atoms with van der Waals surface area (Å²) < 4.78 is 0. The van der Waals surface area contributed by atoms with Gasteiger partial charge in [0.25, 0.3) is 0 Å². The number of nitriles is 1. The summed E-state index contributed by atoms with van der Waals surface area (Å²) in [7, 11) is 4.07. The second-order valence-corrected chi connectivity index (χ2v) is 6.26. The Hall–Kier alpha value is -1.08. The van der Waals surface area contributed by atoms with Crippen LogP contribution in [-0.2, 0) is 4.79 Å². The van der Waals surface area contributed by atoms with Crippen LogP contribution in [0.1, 0.15) is 32.6 Å². The van der Waals surface area contributed by atoms with E-state index < -0.39 is 5.41 Å². The first-order valence-electron chi connectivity index (χ1n) is 6.85. The van der Waals surface area contributed by atoms with Gasteiger partial charge >= 0.3 is 0 Å². The summed E-state index contributed by atoms with van der Waals surface area (Å²) >= 11 is 0. The normalized spacial score (nSPS) is 35.4. The molecule has 1 amide bonds. The predicted octanol–water partition coefficient (Wildman–Crippen LogP) is 1.48. The van der Waals surface area contributed by atoms with Crippen molar-refractivity contribution in [3.05, 3.63) is 0 Å². The third-order valence-corrected chi connectivity index (χ3v) is 4.23. The number of rotatable bonds is 3. The minimum atomic E-state index is -0.700. The summed E-state index contributed by atoms with van der Waals surface area (Å²) in [5.41, 5.74) is -0.700. The monoisotopic (exact) mass is 249 g/mol. The number of carbonyl (C=O) groups is 1. The molecule has 0 aromatic rings.